The van der Waals surface area contributed by atoms with Gasteiger partial charge >= 0.3 is 0 Å². The van der Waals surface area contributed by atoms with Crippen molar-refractivity contribution in [1.29, 1.82) is 0 Å². The van der Waals surface area contributed by atoms with E-state index in [0.717, 1.165) is 17.7 Å². The molecule has 1 atom stereocenters. The van der Waals surface area contributed by atoms with Crippen LogP contribution in [0, 0.1) is 0 Å². The van der Waals surface area contributed by atoms with Crippen LogP contribution in [0.3, 0.4) is 0 Å². The van der Waals surface area contributed by atoms with Crippen molar-refractivity contribution in [2.24, 2.45) is 5.73 Å². The van der Waals surface area contributed by atoms with Crippen LogP contribution in [-0.2, 0) is 6.42 Å². The average Bonchev–Trinajstić information content (AvgIpc) is 2.44. The van der Waals surface area contributed by atoms with Gasteiger partial charge in [0.1, 0.15) is 0 Å². The molecule has 0 aliphatic rings. The van der Waals surface area contributed by atoms with Gasteiger partial charge in [-0.25, -0.2) is 0 Å². The maximum Gasteiger partial charge on any atom is 0.0546 e. The minimum Gasteiger partial charge on any atom is -0.327 e. The van der Waals surface area contributed by atoms with Gasteiger partial charge in [-0.3, -0.25) is 0 Å². The number of rotatable bonds is 5. The molecule has 0 aromatic heterocycles. The van der Waals surface area contributed by atoms with Crippen molar-refractivity contribution in [3.8, 4) is 0 Å². The van der Waals surface area contributed by atoms with Gasteiger partial charge in [-0.1, -0.05) is 60.1 Å². The third-order valence-electron chi connectivity index (χ3n) is 3.09. The van der Waals surface area contributed by atoms with Gasteiger partial charge in [0.15, 0.2) is 0 Å². The molecule has 0 bridgehead atoms. The van der Waals surface area contributed by atoms with Crippen LogP contribution in [0.4, 0.5) is 0 Å². The van der Waals surface area contributed by atoms with Crippen LogP contribution < -0.4 is 5.73 Å². The lowest BCUT2D eigenvalue weighted by atomic mass is 10.1. The molecule has 2 N–H and O–H groups in total. The highest BCUT2D eigenvalue weighted by atomic mass is 35.5. The molecule has 106 valence electrons. The molecule has 4 heteroatoms. The van der Waals surface area contributed by atoms with E-state index in [4.69, 9.17) is 28.9 Å². The molecule has 2 rings (SSSR count). The summed E-state index contributed by atoms with van der Waals surface area (Å²) < 4.78 is 0. The van der Waals surface area contributed by atoms with E-state index in [-0.39, 0.29) is 6.04 Å². The smallest absolute Gasteiger partial charge is 0.0546 e. The summed E-state index contributed by atoms with van der Waals surface area (Å²) in [5.41, 5.74) is 7.32. The molecular weight excluding hydrogens is 309 g/mol. The molecule has 0 radical (unpaired) electrons. The molecule has 2 aromatic carbocycles. The Bertz CT molecular complexity index is 586. The number of nitrogens with two attached hydrogens (primary N) is 1. The van der Waals surface area contributed by atoms with Gasteiger partial charge in [0, 0.05) is 20.9 Å². The van der Waals surface area contributed by atoms with Crippen molar-refractivity contribution in [2.45, 2.75) is 35.6 Å². The maximum atomic E-state index is 6.23. The standard InChI is InChI=1S/C16H17Cl2NS/c1-2-13(19)9-11-5-3-4-6-15(11)20-16-10-12(17)7-8-14(16)18/h3-8,10,13H,2,9,19H2,1H3. The van der Waals surface area contributed by atoms with Gasteiger partial charge in [0.05, 0.1) is 5.02 Å². The lowest BCUT2D eigenvalue weighted by Crippen LogP contribution is -2.21. The van der Waals surface area contributed by atoms with Gasteiger partial charge in [-0.2, -0.15) is 0 Å². The average molecular weight is 326 g/mol. The molecule has 0 saturated heterocycles. The number of benzene rings is 2. The Morgan fingerprint density at radius 1 is 1.10 bits per heavy atom. The predicted molar refractivity (Wildman–Crippen MR) is 89.0 cm³/mol. The molecule has 0 spiro atoms. The molecular formula is C16H17Cl2NS. The first-order valence-corrected chi connectivity index (χ1v) is 8.13. The van der Waals surface area contributed by atoms with Crippen molar-refractivity contribution >= 4 is 35.0 Å². The highest BCUT2D eigenvalue weighted by molar-refractivity contribution is 7.99. The molecule has 0 amide bonds. The Morgan fingerprint density at radius 3 is 2.60 bits per heavy atom. The van der Waals surface area contributed by atoms with Gasteiger partial charge in [-0.15, -0.1) is 0 Å². The highest BCUT2D eigenvalue weighted by Gasteiger charge is 2.10. The lowest BCUT2D eigenvalue weighted by Gasteiger charge is -2.13. The molecule has 1 unspecified atom stereocenters. The van der Waals surface area contributed by atoms with Gasteiger partial charge in [-0.05, 0) is 42.7 Å². The molecule has 1 nitrogen and oxygen atoms in total. The summed E-state index contributed by atoms with van der Waals surface area (Å²) >= 11 is 13.9. The van der Waals surface area contributed by atoms with E-state index in [9.17, 15) is 0 Å². The van der Waals surface area contributed by atoms with E-state index in [1.54, 1.807) is 17.8 Å². The SMILES string of the molecule is CCC(N)Cc1ccccc1Sc1cc(Cl)ccc1Cl. The zero-order valence-corrected chi connectivity index (χ0v) is 13.6. The minimum absolute atomic E-state index is 0.187. The van der Waals surface area contributed by atoms with Crippen molar-refractivity contribution in [3.05, 3.63) is 58.1 Å². The molecule has 2 aromatic rings. The Balaban J connectivity index is 2.27. The summed E-state index contributed by atoms with van der Waals surface area (Å²) in [6, 6.07) is 14.0. The fourth-order valence-corrected chi connectivity index (χ4v) is 3.36. The molecule has 0 aliphatic heterocycles. The van der Waals surface area contributed by atoms with E-state index in [1.807, 2.05) is 24.3 Å². The topological polar surface area (TPSA) is 26.0 Å². The van der Waals surface area contributed by atoms with E-state index < -0.39 is 0 Å². The molecule has 0 aliphatic carbocycles. The van der Waals surface area contributed by atoms with Crippen LogP contribution in [0.2, 0.25) is 10.0 Å². The van der Waals surface area contributed by atoms with Crippen molar-refractivity contribution in [3.63, 3.8) is 0 Å². The monoisotopic (exact) mass is 325 g/mol. The summed E-state index contributed by atoms with van der Waals surface area (Å²) in [4.78, 5) is 2.15. The largest absolute Gasteiger partial charge is 0.327 e. The van der Waals surface area contributed by atoms with Crippen molar-refractivity contribution in [1.82, 2.24) is 0 Å². The normalized spacial score (nSPS) is 12.4. The van der Waals surface area contributed by atoms with E-state index >= 15 is 0 Å². The highest BCUT2D eigenvalue weighted by Crippen LogP contribution is 2.36. The Hall–Kier alpha value is -0.670. The Labute approximate surface area is 134 Å². The third-order valence-corrected chi connectivity index (χ3v) is 4.94. The molecule has 20 heavy (non-hydrogen) atoms. The second-order valence-corrected chi connectivity index (χ2v) is 6.58. The Kier molecular flexibility index (Phi) is 5.79. The van der Waals surface area contributed by atoms with E-state index in [0.29, 0.717) is 10.0 Å². The second kappa shape index (κ2) is 7.37. The second-order valence-electron chi connectivity index (χ2n) is 4.66. The van der Waals surface area contributed by atoms with E-state index in [2.05, 4.69) is 19.1 Å². The molecule has 0 fully saturated rings. The van der Waals surface area contributed by atoms with Gasteiger partial charge in [0.25, 0.3) is 0 Å². The number of hydrogen-bond acceptors (Lipinski definition) is 2. The fraction of sp³-hybridized carbons (Fsp3) is 0.250. The van der Waals surface area contributed by atoms with E-state index in [1.165, 1.54) is 10.5 Å². The van der Waals surface area contributed by atoms with Crippen LogP contribution >= 0.6 is 35.0 Å². The minimum atomic E-state index is 0.187. The zero-order valence-electron chi connectivity index (χ0n) is 11.3. The van der Waals surface area contributed by atoms with Crippen LogP contribution in [0.1, 0.15) is 18.9 Å². The summed E-state index contributed by atoms with van der Waals surface area (Å²) in [6.45, 7) is 2.11. The van der Waals surface area contributed by atoms with Crippen molar-refractivity contribution < 1.29 is 0 Å². The quantitative estimate of drug-likeness (QED) is 0.793. The summed E-state index contributed by atoms with van der Waals surface area (Å²) in [5, 5.41) is 1.41. The lowest BCUT2D eigenvalue weighted by molar-refractivity contribution is 0.641. The van der Waals surface area contributed by atoms with Crippen molar-refractivity contribution in [2.75, 3.05) is 0 Å². The maximum absolute atomic E-state index is 6.23. The van der Waals surface area contributed by atoms with Crippen LogP contribution in [0.15, 0.2) is 52.3 Å². The first kappa shape index (κ1) is 15.7. The summed E-state index contributed by atoms with van der Waals surface area (Å²) in [6.07, 6.45) is 1.84. The first-order chi connectivity index (χ1) is 9.60. The van der Waals surface area contributed by atoms with Crippen LogP contribution in [-0.4, -0.2) is 6.04 Å². The zero-order chi connectivity index (χ0) is 14.5. The van der Waals surface area contributed by atoms with Crippen LogP contribution in [0.5, 0.6) is 0 Å². The molecule has 0 heterocycles. The fourth-order valence-electron chi connectivity index (χ4n) is 1.87. The first-order valence-electron chi connectivity index (χ1n) is 6.56. The summed E-state index contributed by atoms with van der Waals surface area (Å²) in [5.74, 6) is 0. The Morgan fingerprint density at radius 2 is 1.85 bits per heavy atom. The van der Waals surface area contributed by atoms with Gasteiger partial charge in [0.2, 0.25) is 0 Å². The number of hydrogen-bond donors (Lipinski definition) is 1. The summed E-state index contributed by atoms with van der Waals surface area (Å²) in [7, 11) is 0. The molecule has 0 saturated carbocycles. The van der Waals surface area contributed by atoms with Gasteiger partial charge < -0.3 is 5.73 Å². The predicted octanol–water partition coefficient (Wildman–Crippen LogP) is 5.42. The third kappa shape index (κ3) is 4.16. The van der Waals surface area contributed by atoms with Crippen LogP contribution in [0.25, 0.3) is 0 Å². The number of halogens is 2.